The lowest BCUT2D eigenvalue weighted by Gasteiger charge is -2.07. The maximum atomic E-state index is 14.1. The van der Waals surface area contributed by atoms with E-state index in [0.717, 1.165) is 4.57 Å². The van der Waals surface area contributed by atoms with Gasteiger partial charge < -0.3 is 9.84 Å². The number of nitrogens with zero attached hydrogens (tertiary/aromatic N) is 3. The second-order valence-corrected chi connectivity index (χ2v) is 6.27. The lowest BCUT2D eigenvalue weighted by atomic mass is 10.1. The average molecular weight is 396 g/mol. The summed E-state index contributed by atoms with van der Waals surface area (Å²) in [5.74, 6) is -1.37. The van der Waals surface area contributed by atoms with E-state index >= 15 is 0 Å². The van der Waals surface area contributed by atoms with Crippen LogP contribution in [0.1, 0.15) is 5.56 Å². The van der Waals surface area contributed by atoms with Crippen molar-refractivity contribution in [3.05, 3.63) is 82.4 Å². The summed E-state index contributed by atoms with van der Waals surface area (Å²) in [5, 5.41) is 6.40. The Morgan fingerprint density at radius 1 is 1.10 bits per heavy atom. The first-order valence-corrected chi connectivity index (χ1v) is 8.64. The second-order valence-electron chi connectivity index (χ2n) is 6.27. The maximum absolute atomic E-state index is 14.1. The third-order valence-electron chi connectivity index (χ3n) is 4.31. The van der Waals surface area contributed by atoms with E-state index < -0.39 is 17.3 Å². The van der Waals surface area contributed by atoms with Crippen LogP contribution in [-0.4, -0.2) is 20.6 Å². The second kappa shape index (κ2) is 7.63. The molecule has 0 saturated carbocycles. The number of carbonyl (C=O) groups excluding carboxylic acids is 1. The molecule has 0 radical (unpaired) electrons. The Bertz CT molecular complexity index is 1250. The Labute approximate surface area is 162 Å². The molecule has 4 rings (SSSR count). The fourth-order valence-corrected chi connectivity index (χ4v) is 2.84. The minimum absolute atomic E-state index is 0.0102. The van der Waals surface area contributed by atoms with Crippen molar-refractivity contribution in [1.29, 1.82) is 0 Å². The predicted molar refractivity (Wildman–Crippen MR) is 99.7 cm³/mol. The van der Waals surface area contributed by atoms with E-state index in [1.807, 2.05) is 0 Å². The summed E-state index contributed by atoms with van der Waals surface area (Å²) < 4.78 is 33.2. The number of halogens is 2. The zero-order valence-corrected chi connectivity index (χ0v) is 14.9. The van der Waals surface area contributed by atoms with Gasteiger partial charge in [-0.15, -0.1) is 0 Å². The molecule has 2 aromatic carbocycles. The molecule has 0 unspecified atom stereocenters. The highest BCUT2D eigenvalue weighted by Crippen LogP contribution is 2.26. The Kier molecular flexibility index (Phi) is 4.86. The van der Waals surface area contributed by atoms with Gasteiger partial charge in [-0.3, -0.25) is 14.2 Å². The number of aromatic nitrogens is 3. The van der Waals surface area contributed by atoms with Gasteiger partial charge in [0.15, 0.2) is 0 Å². The molecule has 9 heteroatoms. The molecule has 1 amide bonds. The Morgan fingerprint density at radius 3 is 2.62 bits per heavy atom. The Hall–Kier alpha value is -3.88. The van der Waals surface area contributed by atoms with Crippen LogP contribution in [0.15, 0.2) is 64.2 Å². The molecule has 0 aliphatic rings. The van der Waals surface area contributed by atoms with Gasteiger partial charge in [-0.2, -0.15) is 0 Å². The molecule has 0 atom stereocenters. The molecular formula is C20H14F2N4O3. The smallest absolute Gasteiger partial charge is 0.267 e. The first-order chi connectivity index (χ1) is 14.0. The molecular weight excluding hydrogens is 382 g/mol. The van der Waals surface area contributed by atoms with Crippen LogP contribution >= 0.6 is 0 Å². The van der Waals surface area contributed by atoms with E-state index in [0.29, 0.717) is 5.56 Å². The van der Waals surface area contributed by atoms with Crippen LogP contribution in [0.3, 0.4) is 0 Å². The van der Waals surface area contributed by atoms with Crippen molar-refractivity contribution in [1.82, 2.24) is 20.0 Å². The molecule has 0 bridgehead atoms. The van der Waals surface area contributed by atoms with Gasteiger partial charge >= 0.3 is 0 Å². The van der Waals surface area contributed by atoms with Gasteiger partial charge in [-0.25, -0.2) is 13.8 Å². The van der Waals surface area contributed by atoms with Gasteiger partial charge in [0, 0.05) is 12.1 Å². The van der Waals surface area contributed by atoms with E-state index in [2.05, 4.69) is 15.5 Å². The largest absolute Gasteiger partial charge is 0.350 e. The summed E-state index contributed by atoms with van der Waals surface area (Å²) >= 11 is 0. The minimum Gasteiger partial charge on any atom is -0.350 e. The van der Waals surface area contributed by atoms with Crippen LogP contribution in [0.25, 0.3) is 22.4 Å². The van der Waals surface area contributed by atoms with Crippen molar-refractivity contribution in [2.45, 2.75) is 13.1 Å². The molecule has 1 N–H and O–H groups in total. The Balaban J connectivity index is 1.58. The fraction of sp³-hybridized carbons (Fsp3) is 0.100. The highest BCUT2D eigenvalue weighted by atomic mass is 19.1. The maximum Gasteiger partial charge on any atom is 0.267 e. The number of fused-ring (bicyclic) bond motifs is 1. The third-order valence-corrected chi connectivity index (χ3v) is 4.31. The lowest BCUT2D eigenvalue weighted by molar-refractivity contribution is -0.121. The number of hydrogen-bond donors (Lipinski definition) is 1. The quantitative estimate of drug-likeness (QED) is 0.560. The van der Waals surface area contributed by atoms with Crippen molar-refractivity contribution in [3.8, 4) is 11.3 Å². The van der Waals surface area contributed by atoms with Gasteiger partial charge in [0.25, 0.3) is 11.3 Å². The summed E-state index contributed by atoms with van der Waals surface area (Å²) in [7, 11) is 0. The summed E-state index contributed by atoms with van der Waals surface area (Å²) in [6.45, 7) is -0.123. The summed E-state index contributed by atoms with van der Waals surface area (Å²) in [6.07, 6.45) is 1.17. The number of nitrogens with one attached hydrogen (secondary N) is 1. The van der Waals surface area contributed by atoms with Crippen molar-refractivity contribution in [2.24, 2.45) is 0 Å². The normalized spacial score (nSPS) is 11.0. The first kappa shape index (κ1) is 18.5. The van der Waals surface area contributed by atoms with Crippen molar-refractivity contribution >= 4 is 17.0 Å². The predicted octanol–water partition coefficient (Wildman–Crippen LogP) is 2.65. The van der Waals surface area contributed by atoms with Crippen LogP contribution in [0.2, 0.25) is 0 Å². The number of rotatable bonds is 5. The third kappa shape index (κ3) is 3.75. The van der Waals surface area contributed by atoms with E-state index in [1.165, 1.54) is 36.7 Å². The van der Waals surface area contributed by atoms with Crippen LogP contribution in [0.4, 0.5) is 8.78 Å². The highest BCUT2D eigenvalue weighted by Gasteiger charge is 2.19. The Morgan fingerprint density at radius 2 is 1.86 bits per heavy atom. The minimum atomic E-state index is -0.577. The molecule has 2 heterocycles. The molecule has 29 heavy (non-hydrogen) atoms. The van der Waals surface area contributed by atoms with E-state index in [9.17, 15) is 18.4 Å². The standard InChI is InChI=1S/C20H14F2N4O3/c21-13-7-5-12(6-8-13)9-23-16(27)10-26-11-24-19-17(20(26)28)18(25-29-19)14-3-1-2-4-15(14)22/h1-8,11H,9-10H2,(H,23,27). The van der Waals surface area contributed by atoms with Gasteiger partial charge in [-0.05, 0) is 29.8 Å². The summed E-state index contributed by atoms with van der Waals surface area (Å²) in [5.41, 5.74) is 0.213. The zero-order valence-electron chi connectivity index (χ0n) is 14.9. The van der Waals surface area contributed by atoms with Crippen LogP contribution < -0.4 is 10.9 Å². The monoisotopic (exact) mass is 396 g/mol. The molecule has 0 aliphatic heterocycles. The topological polar surface area (TPSA) is 90.0 Å². The molecule has 7 nitrogen and oxygen atoms in total. The van der Waals surface area contributed by atoms with E-state index in [1.54, 1.807) is 18.2 Å². The van der Waals surface area contributed by atoms with Crippen molar-refractivity contribution in [3.63, 3.8) is 0 Å². The zero-order chi connectivity index (χ0) is 20.4. The SMILES string of the molecule is O=C(Cn1cnc2onc(-c3ccccc3F)c2c1=O)NCc1ccc(F)cc1. The molecule has 0 aliphatic carbocycles. The molecule has 4 aromatic rings. The van der Waals surface area contributed by atoms with E-state index in [-0.39, 0.29) is 41.3 Å². The summed E-state index contributed by atoms with van der Waals surface area (Å²) in [4.78, 5) is 29.0. The van der Waals surface area contributed by atoms with Crippen molar-refractivity contribution in [2.75, 3.05) is 0 Å². The first-order valence-electron chi connectivity index (χ1n) is 8.64. The number of hydrogen-bond acceptors (Lipinski definition) is 5. The molecule has 2 aromatic heterocycles. The summed E-state index contributed by atoms with van der Waals surface area (Å²) in [6, 6.07) is 11.5. The highest BCUT2D eigenvalue weighted by molar-refractivity contribution is 5.89. The van der Waals surface area contributed by atoms with Gasteiger partial charge in [-0.1, -0.05) is 29.4 Å². The number of amides is 1. The number of carbonyl (C=O) groups is 1. The lowest BCUT2D eigenvalue weighted by Crippen LogP contribution is -2.32. The van der Waals surface area contributed by atoms with Gasteiger partial charge in [0.2, 0.25) is 5.91 Å². The molecule has 0 spiro atoms. The van der Waals surface area contributed by atoms with Crippen LogP contribution in [0, 0.1) is 11.6 Å². The van der Waals surface area contributed by atoms with Crippen molar-refractivity contribution < 1.29 is 18.1 Å². The average Bonchev–Trinajstić information content (AvgIpc) is 3.15. The fourth-order valence-electron chi connectivity index (χ4n) is 2.84. The molecule has 0 saturated heterocycles. The van der Waals surface area contributed by atoms with E-state index in [4.69, 9.17) is 4.52 Å². The van der Waals surface area contributed by atoms with Gasteiger partial charge in [0.1, 0.15) is 35.6 Å². The molecule has 146 valence electrons. The molecule has 0 fully saturated rings. The van der Waals surface area contributed by atoms with Crippen LogP contribution in [0.5, 0.6) is 0 Å². The van der Waals surface area contributed by atoms with Crippen LogP contribution in [-0.2, 0) is 17.9 Å². The number of benzene rings is 2. The van der Waals surface area contributed by atoms with Gasteiger partial charge in [0.05, 0.1) is 0 Å².